The molecule has 4 rings (SSSR count). The van der Waals surface area contributed by atoms with Gasteiger partial charge in [0.2, 0.25) is 5.91 Å². The molecule has 1 aliphatic heterocycles. The van der Waals surface area contributed by atoms with Crippen molar-refractivity contribution >= 4 is 5.91 Å². The van der Waals surface area contributed by atoms with E-state index in [9.17, 15) is 4.79 Å². The van der Waals surface area contributed by atoms with Crippen molar-refractivity contribution in [2.45, 2.75) is 32.4 Å². The Hall–Kier alpha value is -2.13. The smallest absolute Gasteiger partial charge is 0.226 e. The molecule has 1 N–H and O–H groups in total. The molecule has 2 aromatic rings. The lowest BCUT2D eigenvalue weighted by Crippen LogP contribution is -2.36. The molecule has 0 radical (unpaired) electrons. The number of carbonyl (C=O) groups excluding carboxylic acids is 1. The van der Waals surface area contributed by atoms with Gasteiger partial charge in [0.15, 0.2) is 0 Å². The summed E-state index contributed by atoms with van der Waals surface area (Å²) in [6, 6.07) is 20.7. The Kier molecular flexibility index (Phi) is 4.58. The summed E-state index contributed by atoms with van der Waals surface area (Å²) in [6.07, 6.45) is 3.37. The van der Waals surface area contributed by atoms with Crippen LogP contribution >= 0.6 is 0 Å². The van der Waals surface area contributed by atoms with Gasteiger partial charge in [-0.15, -0.1) is 0 Å². The van der Waals surface area contributed by atoms with Gasteiger partial charge >= 0.3 is 0 Å². The molecule has 3 heteroatoms. The van der Waals surface area contributed by atoms with E-state index in [1.807, 2.05) is 36.4 Å². The molecule has 1 spiro atoms. The summed E-state index contributed by atoms with van der Waals surface area (Å²) in [5, 5.41) is 3.42. The van der Waals surface area contributed by atoms with E-state index in [0.29, 0.717) is 19.0 Å². The number of piperidine rings is 1. The highest BCUT2D eigenvalue weighted by Gasteiger charge is 2.58. The van der Waals surface area contributed by atoms with Crippen molar-refractivity contribution < 1.29 is 4.79 Å². The highest BCUT2D eigenvalue weighted by atomic mass is 16.2. The van der Waals surface area contributed by atoms with Gasteiger partial charge in [-0.2, -0.15) is 0 Å². The van der Waals surface area contributed by atoms with Crippen molar-refractivity contribution in [2.75, 3.05) is 13.1 Å². The van der Waals surface area contributed by atoms with Crippen molar-refractivity contribution in [3.8, 4) is 0 Å². The summed E-state index contributed by atoms with van der Waals surface area (Å²) >= 11 is 0. The predicted molar refractivity (Wildman–Crippen MR) is 99.8 cm³/mol. The van der Waals surface area contributed by atoms with Crippen molar-refractivity contribution in [1.29, 1.82) is 0 Å². The van der Waals surface area contributed by atoms with Gasteiger partial charge in [0.25, 0.3) is 0 Å². The van der Waals surface area contributed by atoms with Crippen LogP contribution in [0.4, 0.5) is 0 Å². The number of carbonyl (C=O) groups is 1. The highest BCUT2D eigenvalue weighted by molar-refractivity contribution is 5.82. The summed E-state index contributed by atoms with van der Waals surface area (Å²) in [7, 11) is 0. The van der Waals surface area contributed by atoms with Crippen LogP contribution in [0.25, 0.3) is 0 Å². The third kappa shape index (κ3) is 3.62. The van der Waals surface area contributed by atoms with Gasteiger partial charge in [-0.05, 0) is 48.9 Å². The van der Waals surface area contributed by atoms with E-state index in [1.165, 1.54) is 11.1 Å². The van der Waals surface area contributed by atoms with Crippen LogP contribution in [0.2, 0.25) is 0 Å². The van der Waals surface area contributed by atoms with Crippen molar-refractivity contribution in [3.05, 3.63) is 71.8 Å². The molecule has 2 aromatic carbocycles. The fourth-order valence-corrected chi connectivity index (χ4v) is 4.21. The molecule has 0 bridgehead atoms. The number of nitrogens with one attached hydrogen (secondary N) is 1. The van der Waals surface area contributed by atoms with Crippen LogP contribution in [0.5, 0.6) is 0 Å². The lowest BCUT2D eigenvalue weighted by molar-refractivity contribution is -0.135. The molecule has 1 heterocycles. The molecule has 1 saturated carbocycles. The zero-order chi connectivity index (χ0) is 17.1. The standard InChI is InChI=1S/C22H26N2O/c25-21(20-15-22(20)11-13-23-14-12-22)24(16-18-7-3-1-4-8-18)17-19-9-5-2-6-10-19/h1-10,20,23H,11-17H2. The second kappa shape index (κ2) is 7.01. The average molecular weight is 334 g/mol. The number of benzene rings is 2. The Morgan fingerprint density at radius 1 is 0.920 bits per heavy atom. The van der Waals surface area contributed by atoms with Crippen LogP contribution in [0.1, 0.15) is 30.4 Å². The minimum absolute atomic E-state index is 0.224. The molecule has 3 nitrogen and oxygen atoms in total. The Balaban J connectivity index is 1.51. The summed E-state index contributed by atoms with van der Waals surface area (Å²) in [5.41, 5.74) is 2.69. The average Bonchev–Trinajstić information content (AvgIpc) is 3.35. The number of hydrogen-bond acceptors (Lipinski definition) is 2. The molecule has 130 valence electrons. The first-order chi connectivity index (χ1) is 12.3. The van der Waals surface area contributed by atoms with Crippen LogP contribution in [0.15, 0.2) is 60.7 Å². The molecule has 25 heavy (non-hydrogen) atoms. The summed E-state index contributed by atoms with van der Waals surface area (Å²) < 4.78 is 0. The van der Waals surface area contributed by atoms with Crippen LogP contribution in [0.3, 0.4) is 0 Å². The molecule has 0 aromatic heterocycles. The molecule has 1 atom stereocenters. The molecule has 1 aliphatic carbocycles. The first kappa shape index (κ1) is 16.3. The van der Waals surface area contributed by atoms with Gasteiger partial charge in [-0.1, -0.05) is 60.7 Å². The van der Waals surface area contributed by atoms with Crippen molar-refractivity contribution in [3.63, 3.8) is 0 Å². The Morgan fingerprint density at radius 2 is 1.44 bits per heavy atom. The number of rotatable bonds is 5. The summed E-state index contributed by atoms with van der Waals surface area (Å²) in [6.45, 7) is 3.50. The maximum absolute atomic E-state index is 13.3. The van der Waals surface area contributed by atoms with Gasteiger partial charge in [0.1, 0.15) is 0 Å². The van der Waals surface area contributed by atoms with Gasteiger partial charge in [-0.3, -0.25) is 4.79 Å². The van der Waals surface area contributed by atoms with Crippen LogP contribution < -0.4 is 5.32 Å². The third-order valence-electron chi connectivity index (χ3n) is 5.83. The first-order valence-electron chi connectivity index (χ1n) is 9.34. The lowest BCUT2D eigenvalue weighted by Gasteiger charge is -2.27. The maximum Gasteiger partial charge on any atom is 0.226 e. The minimum atomic E-state index is 0.224. The Morgan fingerprint density at radius 3 is 1.96 bits per heavy atom. The number of hydrogen-bond donors (Lipinski definition) is 1. The molecule has 2 aliphatic rings. The van der Waals surface area contributed by atoms with E-state index < -0.39 is 0 Å². The number of nitrogens with zero attached hydrogens (tertiary/aromatic N) is 1. The first-order valence-corrected chi connectivity index (χ1v) is 9.34. The largest absolute Gasteiger partial charge is 0.334 e. The van der Waals surface area contributed by atoms with Crippen LogP contribution in [0, 0.1) is 11.3 Å². The molecular weight excluding hydrogens is 308 g/mol. The minimum Gasteiger partial charge on any atom is -0.334 e. The fourth-order valence-electron chi connectivity index (χ4n) is 4.21. The van der Waals surface area contributed by atoms with Gasteiger partial charge in [0, 0.05) is 19.0 Å². The van der Waals surface area contributed by atoms with Crippen LogP contribution in [-0.2, 0) is 17.9 Å². The quantitative estimate of drug-likeness (QED) is 0.906. The van der Waals surface area contributed by atoms with Gasteiger partial charge in [-0.25, -0.2) is 0 Å². The van der Waals surface area contributed by atoms with Crippen molar-refractivity contribution in [2.24, 2.45) is 11.3 Å². The second-order valence-electron chi connectivity index (χ2n) is 7.53. The molecule has 1 amide bonds. The third-order valence-corrected chi connectivity index (χ3v) is 5.83. The van der Waals surface area contributed by atoms with E-state index in [0.717, 1.165) is 32.4 Å². The molecular formula is C22H26N2O. The summed E-state index contributed by atoms with van der Waals surface area (Å²) in [5.74, 6) is 0.566. The maximum atomic E-state index is 13.3. The zero-order valence-corrected chi connectivity index (χ0v) is 14.7. The van der Waals surface area contributed by atoms with E-state index >= 15 is 0 Å². The Bertz CT molecular complexity index is 666. The monoisotopic (exact) mass is 334 g/mol. The molecule has 1 saturated heterocycles. The predicted octanol–water partition coefficient (Wildman–Crippen LogP) is 3.61. The van der Waals surface area contributed by atoms with Gasteiger partial charge in [0.05, 0.1) is 0 Å². The Labute approximate surface area is 150 Å². The second-order valence-corrected chi connectivity index (χ2v) is 7.53. The van der Waals surface area contributed by atoms with E-state index in [2.05, 4.69) is 34.5 Å². The summed E-state index contributed by atoms with van der Waals surface area (Å²) in [4.78, 5) is 15.4. The fraction of sp³-hybridized carbons (Fsp3) is 0.409. The van der Waals surface area contributed by atoms with E-state index in [-0.39, 0.29) is 11.3 Å². The van der Waals surface area contributed by atoms with Crippen molar-refractivity contribution in [1.82, 2.24) is 10.2 Å². The lowest BCUT2D eigenvalue weighted by atomic mass is 9.91. The molecule has 2 fully saturated rings. The highest BCUT2D eigenvalue weighted by Crippen LogP contribution is 2.59. The topological polar surface area (TPSA) is 32.3 Å². The van der Waals surface area contributed by atoms with E-state index in [1.54, 1.807) is 0 Å². The van der Waals surface area contributed by atoms with Crippen LogP contribution in [-0.4, -0.2) is 23.9 Å². The van der Waals surface area contributed by atoms with E-state index in [4.69, 9.17) is 0 Å². The normalized spacial score (nSPS) is 21.0. The molecule has 1 unspecified atom stereocenters. The zero-order valence-electron chi connectivity index (χ0n) is 14.7. The van der Waals surface area contributed by atoms with Gasteiger partial charge < -0.3 is 10.2 Å². The number of amides is 1. The SMILES string of the molecule is O=C(C1CC12CCNCC2)N(Cc1ccccc1)Cc1ccccc1.